The predicted octanol–water partition coefficient (Wildman–Crippen LogP) is 2.00. The topological polar surface area (TPSA) is 71.0 Å². The molecule has 0 radical (unpaired) electrons. The first-order chi connectivity index (χ1) is 13.1. The van der Waals surface area contributed by atoms with E-state index in [0.717, 1.165) is 37.8 Å². The summed E-state index contributed by atoms with van der Waals surface area (Å²) in [4.78, 5) is 27.2. The SMILES string of the molecule is CC12CN(CCCn3ncc(=O)[nH]c3=O)CC1(c1ccc(C(F)(F)F)cc1)C2. The Morgan fingerprint density at radius 3 is 2.50 bits per heavy atom. The molecule has 150 valence electrons. The largest absolute Gasteiger partial charge is 0.416 e. The summed E-state index contributed by atoms with van der Waals surface area (Å²) in [6, 6.07) is 5.56. The Balaban J connectivity index is 1.40. The minimum atomic E-state index is -4.32. The molecule has 2 atom stereocenters. The van der Waals surface area contributed by atoms with E-state index in [-0.39, 0.29) is 10.8 Å². The summed E-state index contributed by atoms with van der Waals surface area (Å²) in [5.74, 6) is 0. The molecule has 1 aliphatic heterocycles. The molecule has 1 aliphatic carbocycles. The molecular formula is C19H21F3N4O2. The molecule has 1 saturated heterocycles. The third-order valence-corrected chi connectivity index (χ3v) is 6.18. The van der Waals surface area contributed by atoms with Crippen LogP contribution in [-0.2, 0) is 18.1 Å². The fraction of sp³-hybridized carbons (Fsp3) is 0.526. The summed E-state index contributed by atoms with van der Waals surface area (Å²) in [6.07, 6.45) is -1.58. The van der Waals surface area contributed by atoms with Gasteiger partial charge >= 0.3 is 11.9 Å². The van der Waals surface area contributed by atoms with E-state index in [4.69, 9.17) is 0 Å². The first-order valence-electron chi connectivity index (χ1n) is 9.20. The van der Waals surface area contributed by atoms with Gasteiger partial charge in [-0.25, -0.2) is 9.48 Å². The van der Waals surface area contributed by atoms with Crippen molar-refractivity contribution in [2.24, 2.45) is 5.41 Å². The van der Waals surface area contributed by atoms with Gasteiger partial charge in [0, 0.05) is 25.0 Å². The Labute approximate surface area is 159 Å². The van der Waals surface area contributed by atoms with Gasteiger partial charge in [0.15, 0.2) is 0 Å². The van der Waals surface area contributed by atoms with Crippen LogP contribution in [0.25, 0.3) is 0 Å². The van der Waals surface area contributed by atoms with Crippen LogP contribution in [0.15, 0.2) is 40.1 Å². The van der Waals surface area contributed by atoms with Gasteiger partial charge in [-0.05, 0) is 42.5 Å². The number of aryl methyl sites for hydroxylation is 1. The van der Waals surface area contributed by atoms with Crippen molar-refractivity contribution < 1.29 is 13.2 Å². The second-order valence-electron chi connectivity index (χ2n) is 8.12. The van der Waals surface area contributed by atoms with Gasteiger partial charge in [0.1, 0.15) is 6.20 Å². The highest BCUT2D eigenvalue weighted by Gasteiger charge is 2.69. The molecule has 1 saturated carbocycles. The number of fused-ring (bicyclic) bond motifs is 1. The number of likely N-dealkylation sites (tertiary alicyclic amines) is 1. The molecular weight excluding hydrogens is 373 g/mol. The number of piperidine rings is 1. The Kier molecular flexibility index (Phi) is 4.26. The van der Waals surface area contributed by atoms with E-state index in [1.807, 2.05) is 0 Å². The van der Waals surface area contributed by atoms with Gasteiger partial charge in [0.05, 0.1) is 5.56 Å². The minimum Gasteiger partial charge on any atom is -0.302 e. The molecule has 28 heavy (non-hydrogen) atoms. The zero-order chi connectivity index (χ0) is 20.2. The number of halogens is 3. The normalized spacial score (nSPS) is 27.0. The van der Waals surface area contributed by atoms with Crippen molar-refractivity contribution in [3.05, 3.63) is 62.4 Å². The van der Waals surface area contributed by atoms with E-state index in [0.29, 0.717) is 13.0 Å². The number of alkyl halides is 3. The fourth-order valence-electron chi connectivity index (χ4n) is 4.67. The van der Waals surface area contributed by atoms with Crippen molar-refractivity contribution in [2.75, 3.05) is 19.6 Å². The lowest BCUT2D eigenvalue weighted by atomic mass is 9.89. The Bertz CT molecular complexity index is 998. The van der Waals surface area contributed by atoms with Gasteiger partial charge in [0.2, 0.25) is 0 Å². The quantitative estimate of drug-likeness (QED) is 0.842. The number of aromatic nitrogens is 3. The molecule has 1 aromatic carbocycles. The molecule has 2 aliphatic rings. The highest BCUT2D eigenvalue weighted by molar-refractivity contribution is 5.42. The van der Waals surface area contributed by atoms with Gasteiger partial charge in [-0.3, -0.25) is 9.78 Å². The predicted molar refractivity (Wildman–Crippen MR) is 96.0 cm³/mol. The number of aromatic amines is 1. The second-order valence-corrected chi connectivity index (χ2v) is 8.12. The lowest BCUT2D eigenvalue weighted by molar-refractivity contribution is -0.137. The number of nitrogens with zero attached hydrogens (tertiary/aromatic N) is 3. The number of hydrogen-bond donors (Lipinski definition) is 1. The average molecular weight is 394 g/mol. The molecule has 0 spiro atoms. The highest BCUT2D eigenvalue weighted by Crippen LogP contribution is 2.68. The first-order valence-corrected chi connectivity index (χ1v) is 9.20. The maximum Gasteiger partial charge on any atom is 0.416 e. The number of benzene rings is 1. The molecule has 0 amide bonds. The zero-order valence-corrected chi connectivity index (χ0v) is 15.4. The van der Waals surface area contributed by atoms with Gasteiger partial charge in [0.25, 0.3) is 5.56 Å². The zero-order valence-electron chi connectivity index (χ0n) is 15.4. The first kappa shape index (κ1) is 18.9. The Morgan fingerprint density at radius 1 is 1.14 bits per heavy atom. The van der Waals surface area contributed by atoms with E-state index in [9.17, 15) is 22.8 Å². The minimum absolute atomic E-state index is 0.0693. The lowest BCUT2D eigenvalue weighted by Crippen LogP contribution is -2.33. The molecule has 1 aromatic heterocycles. The number of H-pyrrole nitrogens is 1. The summed E-state index contributed by atoms with van der Waals surface area (Å²) in [6.45, 7) is 5.00. The van der Waals surface area contributed by atoms with Crippen LogP contribution in [0.4, 0.5) is 13.2 Å². The van der Waals surface area contributed by atoms with Crippen LogP contribution in [0.5, 0.6) is 0 Å². The molecule has 4 rings (SSSR count). The van der Waals surface area contributed by atoms with Crippen LogP contribution < -0.4 is 11.2 Å². The van der Waals surface area contributed by atoms with E-state index >= 15 is 0 Å². The lowest BCUT2D eigenvalue weighted by Gasteiger charge is -2.21. The summed E-state index contributed by atoms with van der Waals surface area (Å²) in [5, 5.41) is 3.82. The smallest absolute Gasteiger partial charge is 0.302 e. The van der Waals surface area contributed by atoms with Crippen molar-refractivity contribution in [1.29, 1.82) is 0 Å². The van der Waals surface area contributed by atoms with E-state index in [1.165, 1.54) is 16.8 Å². The van der Waals surface area contributed by atoms with E-state index < -0.39 is 23.0 Å². The van der Waals surface area contributed by atoms with Crippen molar-refractivity contribution >= 4 is 0 Å². The average Bonchev–Trinajstić information content (AvgIpc) is 3.09. The summed E-state index contributed by atoms with van der Waals surface area (Å²) < 4.78 is 39.7. The third kappa shape index (κ3) is 3.17. The van der Waals surface area contributed by atoms with Crippen LogP contribution in [0.3, 0.4) is 0 Å². The van der Waals surface area contributed by atoms with Gasteiger partial charge in [-0.15, -0.1) is 0 Å². The monoisotopic (exact) mass is 394 g/mol. The van der Waals surface area contributed by atoms with Crippen LogP contribution in [0.1, 0.15) is 30.9 Å². The Hall–Kier alpha value is -2.42. The summed E-state index contributed by atoms with van der Waals surface area (Å²) >= 11 is 0. The second kappa shape index (κ2) is 6.30. The highest BCUT2D eigenvalue weighted by atomic mass is 19.4. The van der Waals surface area contributed by atoms with Crippen LogP contribution in [0, 0.1) is 5.41 Å². The standard InChI is InChI=1S/C19H21F3N4O2/c1-17-10-18(17,13-3-5-14(6-4-13)19(20,21)22)12-25(11-17)7-2-8-26-16(28)24-15(27)9-23-26/h3-6,9H,2,7-8,10-12H2,1H3,(H,24,27,28). The molecule has 1 N–H and O–H groups in total. The molecule has 6 nitrogen and oxygen atoms in total. The molecule has 9 heteroatoms. The third-order valence-electron chi connectivity index (χ3n) is 6.18. The van der Waals surface area contributed by atoms with Gasteiger partial charge < -0.3 is 4.90 Å². The molecule has 0 bridgehead atoms. The number of nitrogens with one attached hydrogen (secondary N) is 1. The molecule has 2 aromatic rings. The van der Waals surface area contributed by atoms with Crippen molar-refractivity contribution in [1.82, 2.24) is 19.7 Å². The van der Waals surface area contributed by atoms with Crippen LogP contribution in [-0.4, -0.2) is 39.3 Å². The van der Waals surface area contributed by atoms with Crippen LogP contribution in [0.2, 0.25) is 0 Å². The maximum absolute atomic E-state index is 12.8. The molecule has 2 heterocycles. The summed E-state index contributed by atoms with van der Waals surface area (Å²) in [7, 11) is 0. The van der Waals surface area contributed by atoms with E-state index in [1.54, 1.807) is 12.1 Å². The Morgan fingerprint density at radius 2 is 1.86 bits per heavy atom. The van der Waals surface area contributed by atoms with Crippen molar-refractivity contribution in [2.45, 2.75) is 37.9 Å². The van der Waals surface area contributed by atoms with Gasteiger partial charge in [-0.1, -0.05) is 19.1 Å². The molecule has 2 unspecified atom stereocenters. The maximum atomic E-state index is 12.8. The van der Waals surface area contributed by atoms with Crippen molar-refractivity contribution in [3.63, 3.8) is 0 Å². The van der Waals surface area contributed by atoms with Gasteiger partial charge in [-0.2, -0.15) is 18.3 Å². The fourth-order valence-corrected chi connectivity index (χ4v) is 4.67. The summed E-state index contributed by atoms with van der Waals surface area (Å²) in [5.41, 5.74) is -0.728. The number of rotatable bonds is 5. The number of hydrogen-bond acceptors (Lipinski definition) is 4. The molecule has 2 fully saturated rings. The van der Waals surface area contributed by atoms with E-state index in [2.05, 4.69) is 21.9 Å². The van der Waals surface area contributed by atoms with Crippen molar-refractivity contribution in [3.8, 4) is 0 Å². The van der Waals surface area contributed by atoms with Crippen LogP contribution >= 0.6 is 0 Å².